The maximum Gasteiger partial charge on any atom is 0.326 e. The Morgan fingerprint density at radius 2 is 2.15 bits per heavy atom. The van der Waals surface area contributed by atoms with Crippen LogP contribution in [0.3, 0.4) is 0 Å². The maximum atomic E-state index is 12.9. The van der Waals surface area contributed by atoms with Crippen LogP contribution in [0.15, 0.2) is 18.2 Å². The number of nitrogens with zero attached hydrogens (tertiary/aromatic N) is 1. The van der Waals surface area contributed by atoms with Gasteiger partial charge in [0.1, 0.15) is 11.9 Å². The molecule has 1 aromatic rings. The third-order valence-electron chi connectivity index (χ3n) is 3.46. The molecule has 0 aromatic heterocycles. The van der Waals surface area contributed by atoms with Crippen LogP contribution < -0.4 is 0 Å². The van der Waals surface area contributed by atoms with Gasteiger partial charge in [0.25, 0.3) is 0 Å². The lowest BCUT2D eigenvalue weighted by atomic mass is 10.0. The molecule has 0 spiro atoms. The summed E-state index contributed by atoms with van der Waals surface area (Å²) < 4.78 is 12.9. The van der Waals surface area contributed by atoms with E-state index < -0.39 is 17.8 Å². The second-order valence-electron chi connectivity index (χ2n) is 4.85. The highest BCUT2D eigenvalue weighted by molar-refractivity contribution is 6.31. The van der Waals surface area contributed by atoms with Gasteiger partial charge >= 0.3 is 5.97 Å². The van der Waals surface area contributed by atoms with Crippen LogP contribution in [0.1, 0.15) is 24.8 Å². The Morgan fingerprint density at radius 1 is 1.40 bits per heavy atom. The van der Waals surface area contributed by atoms with E-state index in [0.29, 0.717) is 18.5 Å². The zero-order chi connectivity index (χ0) is 14.7. The number of aliphatic carboxylic acids is 1. The van der Waals surface area contributed by atoms with Crippen molar-refractivity contribution in [2.24, 2.45) is 0 Å². The second-order valence-corrected chi connectivity index (χ2v) is 5.26. The molecular weight excluding hydrogens is 285 g/mol. The van der Waals surface area contributed by atoms with Gasteiger partial charge in [-0.2, -0.15) is 0 Å². The normalized spacial score (nSPS) is 18.9. The number of piperidine rings is 1. The Labute approximate surface area is 121 Å². The van der Waals surface area contributed by atoms with E-state index in [-0.39, 0.29) is 17.4 Å². The average molecular weight is 300 g/mol. The summed E-state index contributed by atoms with van der Waals surface area (Å²) >= 11 is 5.88. The maximum absolute atomic E-state index is 12.9. The first-order chi connectivity index (χ1) is 9.49. The molecule has 1 aliphatic heterocycles. The molecule has 1 heterocycles. The Bertz CT molecular complexity index is 535. The van der Waals surface area contributed by atoms with E-state index in [1.807, 2.05) is 0 Å². The van der Waals surface area contributed by atoms with Gasteiger partial charge in [-0.3, -0.25) is 4.79 Å². The van der Waals surface area contributed by atoms with Gasteiger partial charge < -0.3 is 10.0 Å². The standard InChI is InChI=1S/C14H15ClFNO3/c15-11-8-10(16)5-4-9(11)7-13(18)17-6-2-1-3-12(17)14(19)20/h4-5,8,12H,1-3,6-7H2,(H,19,20). The highest BCUT2D eigenvalue weighted by atomic mass is 35.5. The molecule has 1 atom stereocenters. The molecule has 1 amide bonds. The van der Waals surface area contributed by atoms with Crippen molar-refractivity contribution < 1.29 is 19.1 Å². The number of rotatable bonds is 3. The number of carbonyl (C=O) groups excluding carboxylic acids is 1. The Hall–Kier alpha value is -1.62. The highest BCUT2D eigenvalue weighted by Gasteiger charge is 2.31. The van der Waals surface area contributed by atoms with E-state index in [9.17, 15) is 14.0 Å². The first-order valence-corrected chi connectivity index (χ1v) is 6.83. The summed E-state index contributed by atoms with van der Waals surface area (Å²) in [5.74, 6) is -1.73. The van der Waals surface area contributed by atoms with Crippen LogP contribution in [0.5, 0.6) is 0 Å². The molecule has 0 bridgehead atoms. The van der Waals surface area contributed by atoms with Crippen molar-refractivity contribution in [2.45, 2.75) is 31.7 Å². The van der Waals surface area contributed by atoms with Crippen molar-refractivity contribution in [3.05, 3.63) is 34.6 Å². The summed E-state index contributed by atoms with van der Waals surface area (Å²) in [5.41, 5.74) is 0.507. The average Bonchev–Trinajstić information content (AvgIpc) is 2.41. The van der Waals surface area contributed by atoms with Crippen molar-refractivity contribution in [1.82, 2.24) is 4.90 Å². The van der Waals surface area contributed by atoms with Gasteiger partial charge in [0.2, 0.25) is 5.91 Å². The zero-order valence-corrected chi connectivity index (χ0v) is 11.6. The van der Waals surface area contributed by atoms with Gasteiger partial charge in [0, 0.05) is 11.6 Å². The summed E-state index contributed by atoms with van der Waals surface area (Å²) in [6.07, 6.45) is 2.06. The largest absolute Gasteiger partial charge is 0.480 e. The van der Waals surface area contributed by atoms with Crippen LogP contribution in [0.4, 0.5) is 4.39 Å². The Balaban J connectivity index is 2.12. The van der Waals surface area contributed by atoms with Gasteiger partial charge in [-0.25, -0.2) is 9.18 Å². The minimum absolute atomic E-state index is 0.0110. The van der Waals surface area contributed by atoms with Gasteiger partial charge in [-0.05, 0) is 37.0 Å². The monoisotopic (exact) mass is 299 g/mol. The lowest BCUT2D eigenvalue weighted by Gasteiger charge is -2.33. The highest BCUT2D eigenvalue weighted by Crippen LogP contribution is 2.22. The number of carboxylic acid groups (broad SMARTS) is 1. The van der Waals surface area contributed by atoms with E-state index in [2.05, 4.69) is 0 Å². The number of carboxylic acids is 1. The fraction of sp³-hybridized carbons (Fsp3) is 0.429. The smallest absolute Gasteiger partial charge is 0.326 e. The van der Waals surface area contributed by atoms with Crippen LogP contribution in [0.25, 0.3) is 0 Å². The number of halogens is 2. The van der Waals surface area contributed by atoms with Crippen LogP contribution in [-0.4, -0.2) is 34.5 Å². The fourth-order valence-electron chi connectivity index (χ4n) is 2.42. The molecule has 0 radical (unpaired) electrons. The topological polar surface area (TPSA) is 57.6 Å². The lowest BCUT2D eigenvalue weighted by Crippen LogP contribution is -2.48. The summed E-state index contributed by atoms with van der Waals surface area (Å²) in [7, 11) is 0. The van der Waals surface area contributed by atoms with E-state index in [1.54, 1.807) is 0 Å². The molecule has 4 nitrogen and oxygen atoms in total. The predicted octanol–water partition coefficient (Wildman–Crippen LogP) is 2.49. The molecule has 1 unspecified atom stereocenters. The number of carbonyl (C=O) groups is 2. The second kappa shape index (κ2) is 6.22. The molecule has 2 rings (SSSR count). The van der Waals surface area contributed by atoms with E-state index in [0.717, 1.165) is 18.9 Å². The minimum atomic E-state index is -0.983. The summed E-state index contributed by atoms with van der Waals surface area (Å²) in [5, 5.41) is 9.33. The van der Waals surface area contributed by atoms with Gasteiger partial charge in [-0.1, -0.05) is 17.7 Å². The minimum Gasteiger partial charge on any atom is -0.480 e. The molecule has 1 aliphatic rings. The van der Waals surface area contributed by atoms with E-state index in [1.165, 1.54) is 17.0 Å². The predicted molar refractivity (Wildman–Crippen MR) is 72.1 cm³/mol. The van der Waals surface area contributed by atoms with Gasteiger partial charge in [0.05, 0.1) is 6.42 Å². The molecular formula is C14H15ClFNO3. The summed E-state index contributed by atoms with van der Waals surface area (Å²) in [6.45, 7) is 0.439. The number of hydrogen-bond donors (Lipinski definition) is 1. The summed E-state index contributed by atoms with van der Waals surface area (Å²) in [6, 6.07) is 3.07. The van der Waals surface area contributed by atoms with E-state index >= 15 is 0 Å². The molecule has 1 aromatic carbocycles. The summed E-state index contributed by atoms with van der Waals surface area (Å²) in [4.78, 5) is 24.8. The van der Waals surface area contributed by atoms with Gasteiger partial charge in [0.15, 0.2) is 0 Å². The number of hydrogen-bond acceptors (Lipinski definition) is 2. The van der Waals surface area contributed by atoms with Crippen molar-refractivity contribution >= 4 is 23.5 Å². The Morgan fingerprint density at radius 3 is 2.80 bits per heavy atom. The number of likely N-dealkylation sites (tertiary alicyclic amines) is 1. The van der Waals surface area contributed by atoms with Crippen molar-refractivity contribution in [3.63, 3.8) is 0 Å². The lowest BCUT2D eigenvalue weighted by molar-refractivity contribution is -0.151. The van der Waals surface area contributed by atoms with Crippen LogP contribution in [0, 0.1) is 5.82 Å². The molecule has 1 N–H and O–H groups in total. The fourth-order valence-corrected chi connectivity index (χ4v) is 2.65. The van der Waals surface area contributed by atoms with Crippen LogP contribution >= 0.6 is 11.6 Å². The molecule has 1 fully saturated rings. The van der Waals surface area contributed by atoms with Gasteiger partial charge in [-0.15, -0.1) is 0 Å². The van der Waals surface area contributed by atoms with E-state index in [4.69, 9.17) is 16.7 Å². The molecule has 20 heavy (non-hydrogen) atoms. The van der Waals surface area contributed by atoms with Crippen LogP contribution in [0.2, 0.25) is 5.02 Å². The first kappa shape index (κ1) is 14.8. The molecule has 6 heteroatoms. The third kappa shape index (κ3) is 3.28. The van der Waals surface area contributed by atoms with Crippen molar-refractivity contribution in [2.75, 3.05) is 6.54 Å². The quantitative estimate of drug-likeness (QED) is 0.933. The molecule has 0 aliphatic carbocycles. The van der Waals surface area contributed by atoms with Crippen molar-refractivity contribution in [3.8, 4) is 0 Å². The van der Waals surface area contributed by atoms with Crippen molar-refractivity contribution in [1.29, 1.82) is 0 Å². The molecule has 0 saturated carbocycles. The van der Waals surface area contributed by atoms with Crippen LogP contribution in [-0.2, 0) is 16.0 Å². The molecule has 1 saturated heterocycles. The first-order valence-electron chi connectivity index (χ1n) is 6.45. The number of benzene rings is 1. The third-order valence-corrected chi connectivity index (χ3v) is 3.82. The zero-order valence-electron chi connectivity index (χ0n) is 10.8. The molecule has 108 valence electrons. The Kier molecular flexibility index (Phi) is 4.60. The SMILES string of the molecule is O=C(O)C1CCCCN1C(=O)Cc1ccc(F)cc1Cl. The number of amides is 1.